The number of aromatic hydroxyl groups is 1. The molecule has 0 saturated carbocycles. The molecule has 0 aliphatic rings. The van der Waals surface area contributed by atoms with E-state index in [4.69, 9.17) is 23.2 Å². The molecule has 0 unspecified atom stereocenters. The zero-order chi connectivity index (χ0) is 17.3. The number of carbonyl (C=O) groups excluding carboxylic acids is 1. The van der Waals surface area contributed by atoms with Crippen LogP contribution in [0.4, 0.5) is 5.69 Å². The summed E-state index contributed by atoms with van der Waals surface area (Å²) in [6.07, 6.45) is 2.53. The first kappa shape index (κ1) is 16.2. The second kappa shape index (κ2) is 6.42. The fraction of sp³-hybridized carbons (Fsp3) is 0.0714. The van der Waals surface area contributed by atoms with Crippen molar-refractivity contribution in [3.8, 4) is 5.88 Å². The van der Waals surface area contributed by atoms with E-state index in [0.717, 1.165) is 0 Å². The van der Waals surface area contributed by atoms with Crippen LogP contribution in [0.5, 0.6) is 5.88 Å². The topological polar surface area (TPSA) is 124 Å². The Hall–Kier alpha value is -2.71. The van der Waals surface area contributed by atoms with Gasteiger partial charge in [0.25, 0.3) is 5.91 Å². The fourth-order valence-electron chi connectivity index (χ4n) is 2.08. The van der Waals surface area contributed by atoms with E-state index in [1.807, 2.05) is 0 Å². The number of nitrogens with one attached hydrogen (secondary N) is 2. The molecule has 0 spiro atoms. The monoisotopic (exact) mass is 365 g/mol. The van der Waals surface area contributed by atoms with Crippen LogP contribution < -0.4 is 5.69 Å². The summed E-state index contributed by atoms with van der Waals surface area (Å²) in [6, 6.07) is 3.11. The Morgan fingerprint density at radius 1 is 1.29 bits per heavy atom. The molecule has 2 aromatic heterocycles. The fourth-order valence-corrected chi connectivity index (χ4v) is 2.53. The van der Waals surface area contributed by atoms with Crippen LogP contribution in [0.2, 0.25) is 10.0 Å². The second-order valence-corrected chi connectivity index (χ2v) is 5.61. The van der Waals surface area contributed by atoms with Crippen molar-refractivity contribution in [3.05, 3.63) is 50.6 Å². The Morgan fingerprint density at radius 2 is 2.04 bits per heavy atom. The maximum atomic E-state index is 11.9. The van der Waals surface area contributed by atoms with Gasteiger partial charge in [0.1, 0.15) is 0 Å². The van der Waals surface area contributed by atoms with E-state index < -0.39 is 11.6 Å². The standard InChI is InChI=1S/C14H9Cl2N5O3/c15-7-1-2-8(16)11-10(7)12(13(23)19-11)21-20-9(22)3-6-4-17-14(24)18-5-6/h1-2,4-5,19,23H,3H2,(H,17,18,24). The number of benzene rings is 1. The highest BCUT2D eigenvalue weighted by molar-refractivity contribution is 6.41. The highest BCUT2D eigenvalue weighted by Gasteiger charge is 2.16. The van der Waals surface area contributed by atoms with E-state index >= 15 is 0 Å². The molecular weight excluding hydrogens is 357 g/mol. The summed E-state index contributed by atoms with van der Waals surface area (Å²) in [7, 11) is 0. The summed E-state index contributed by atoms with van der Waals surface area (Å²) < 4.78 is 0. The Labute approximate surface area is 144 Å². The minimum atomic E-state index is -0.587. The molecule has 0 aliphatic carbocycles. The number of hydrogen-bond acceptors (Lipinski definition) is 5. The lowest BCUT2D eigenvalue weighted by atomic mass is 10.2. The first-order chi connectivity index (χ1) is 11.5. The van der Waals surface area contributed by atoms with Gasteiger partial charge in [-0.05, 0) is 17.7 Å². The van der Waals surface area contributed by atoms with Crippen molar-refractivity contribution < 1.29 is 9.90 Å². The van der Waals surface area contributed by atoms with Crippen LogP contribution in [0.15, 0.2) is 39.5 Å². The van der Waals surface area contributed by atoms with Crippen molar-refractivity contribution in [2.45, 2.75) is 6.42 Å². The van der Waals surface area contributed by atoms with Crippen molar-refractivity contribution in [1.82, 2.24) is 15.0 Å². The third-order valence-corrected chi connectivity index (χ3v) is 3.78. The number of halogens is 2. The summed E-state index contributed by atoms with van der Waals surface area (Å²) >= 11 is 12.1. The molecule has 0 atom stereocenters. The summed E-state index contributed by atoms with van der Waals surface area (Å²) in [5.41, 5.74) is 0.379. The van der Waals surface area contributed by atoms with Crippen LogP contribution in [0.1, 0.15) is 5.56 Å². The van der Waals surface area contributed by atoms with Crippen LogP contribution >= 0.6 is 23.2 Å². The van der Waals surface area contributed by atoms with Crippen molar-refractivity contribution in [2.75, 3.05) is 0 Å². The number of aromatic nitrogens is 3. The van der Waals surface area contributed by atoms with Gasteiger partial charge in [-0.15, -0.1) is 10.2 Å². The molecule has 0 saturated heterocycles. The van der Waals surface area contributed by atoms with Crippen LogP contribution in [0.3, 0.4) is 0 Å². The van der Waals surface area contributed by atoms with Gasteiger partial charge < -0.3 is 15.1 Å². The lowest BCUT2D eigenvalue weighted by Crippen LogP contribution is -2.10. The van der Waals surface area contributed by atoms with Crippen LogP contribution in [-0.4, -0.2) is 26.0 Å². The minimum Gasteiger partial charge on any atom is -0.493 e. The molecule has 1 amide bonds. The number of rotatable bonds is 3. The largest absolute Gasteiger partial charge is 0.493 e. The molecule has 2 heterocycles. The molecule has 0 radical (unpaired) electrons. The second-order valence-electron chi connectivity index (χ2n) is 4.80. The molecule has 0 fully saturated rings. The number of nitrogens with zero attached hydrogens (tertiary/aromatic N) is 3. The number of azo groups is 1. The molecule has 3 rings (SSSR count). The molecule has 0 aliphatic heterocycles. The summed E-state index contributed by atoms with van der Waals surface area (Å²) in [5.74, 6) is -0.891. The molecule has 3 N–H and O–H groups in total. The number of fused-ring (bicyclic) bond motifs is 1. The number of hydrogen-bond donors (Lipinski definition) is 3. The molecule has 3 aromatic rings. The van der Waals surface area contributed by atoms with E-state index in [1.165, 1.54) is 12.4 Å². The molecule has 10 heteroatoms. The van der Waals surface area contributed by atoms with E-state index in [9.17, 15) is 14.7 Å². The summed E-state index contributed by atoms with van der Waals surface area (Å²) in [5, 5.41) is 18.3. The molecule has 24 heavy (non-hydrogen) atoms. The van der Waals surface area contributed by atoms with Crippen LogP contribution in [0, 0.1) is 0 Å². The van der Waals surface area contributed by atoms with Crippen LogP contribution in [0.25, 0.3) is 10.9 Å². The first-order valence-electron chi connectivity index (χ1n) is 6.62. The normalized spacial score (nSPS) is 11.4. The van der Waals surface area contributed by atoms with Crippen LogP contribution in [-0.2, 0) is 11.2 Å². The van der Waals surface area contributed by atoms with Gasteiger partial charge in [-0.1, -0.05) is 23.2 Å². The van der Waals surface area contributed by atoms with E-state index in [-0.39, 0.29) is 18.0 Å². The van der Waals surface area contributed by atoms with Gasteiger partial charge in [0.2, 0.25) is 5.88 Å². The van der Waals surface area contributed by atoms with Gasteiger partial charge in [0.05, 0.1) is 27.4 Å². The van der Waals surface area contributed by atoms with Crippen molar-refractivity contribution >= 4 is 45.7 Å². The smallest absolute Gasteiger partial charge is 0.344 e. The van der Waals surface area contributed by atoms with Gasteiger partial charge in [0, 0.05) is 12.4 Å². The quantitative estimate of drug-likeness (QED) is 0.616. The first-order valence-corrected chi connectivity index (χ1v) is 7.38. The molecular formula is C14H9Cl2N5O3. The highest BCUT2D eigenvalue weighted by atomic mass is 35.5. The minimum absolute atomic E-state index is 0.0189. The van der Waals surface area contributed by atoms with Gasteiger partial charge in [-0.25, -0.2) is 9.78 Å². The number of H-pyrrole nitrogens is 2. The maximum absolute atomic E-state index is 11.9. The maximum Gasteiger partial charge on any atom is 0.344 e. The van der Waals surface area contributed by atoms with E-state index in [1.54, 1.807) is 12.1 Å². The Balaban J connectivity index is 1.89. The van der Waals surface area contributed by atoms with Gasteiger partial charge in [0.15, 0.2) is 5.69 Å². The van der Waals surface area contributed by atoms with Gasteiger partial charge >= 0.3 is 5.69 Å². The van der Waals surface area contributed by atoms with Crippen molar-refractivity contribution in [1.29, 1.82) is 0 Å². The predicted octanol–water partition coefficient (Wildman–Crippen LogP) is 3.12. The average molecular weight is 366 g/mol. The SMILES string of the molecule is O=C(Cc1cnc(=O)[nH]c1)N=Nc1c(O)[nH]c2c(Cl)ccc(Cl)c12. The average Bonchev–Trinajstić information content (AvgIpc) is 2.89. The van der Waals surface area contributed by atoms with Crippen molar-refractivity contribution in [2.24, 2.45) is 10.2 Å². The van der Waals surface area contributed by atoms with Crippen molar-refractivity contribution in [3.63, 3.8) is 0 Å². The molecule has 1 aromatic carbocycles. The molecule has 8 nitrogen and oxygen atoms in total. The van der Waals surface area contributed by atoms with E-state index in [2.05, 4.69) is 25.2 Å². The zero-order valence-corrected chi connectivity index (χ0v) is 13.4. The number of amides is 1. The predicted molar refractivity (Wildman–Crippen MR) is 88.1 cm³/mol. The summed E-state index contributed by atoms with van der Waals surface area (Å²) in [4.78, 5) is 31.2. The number of carbonyl (C=O) groups is 1. The highest BCUT2D eigenvalue weighted by Crippen LogP contribution is 2.42. The molecule has 122 valence electrons. The van der Waals surface area contributed by atoms with E-state index in [0.29, 0.717) is 26.5 Å². The van der Waals surface area contributed by atoms with Gasteiger partial charge in [-0.2, -0.15) is 0 Å². The summed E-state index contributed by atoms with van der Waals surface area (Å²) in [6.45, 7) is 0. The third-order valence-electron chi connectivity index (χ3n) is 3.15. The van der Waals surface area contributed by atoms with Gasteiger partial charge in [-0.3, -0.25) is 4.79 Å². The number of aromatic amines is 2. The molecule has 0 bridgehead atoms. The third kappa shape index (κ3) is 3.15. The lowest BCUT2D eigenvalue weighted by Gasteiger charge is -1.97. The lowest BCUT2D eigenvalue weighted by molar-refractivity contribution is -0.117. The zero-order valence-electron chi connectivity index (χ0n) is 11.9. The Bertz CT molecular complexity index is 1000. The Kier molecular flexibility index (Phi) is 4.32. The Morgan fingerprint density at radius 3 is 2.75 bits per heavy atom.